The number of ketones is 1. The molecule has 2 aromatic carbocycles. The summed E-state index contributed by atoms with van der Waals surface area (Å²) in [6, 6.07) is 12.9. The average Bonchev–Trinajstić information content (AvgIpc) is 3.16. The molecule has 1 aliphatic heterocycles. The van der Waals surface area contributed by atoms with Gasteiger partial charge in [-0.05, 0) is 47.7 Å². The predicted octanol–water partition coefficient (Wildman–Crippen LogP) is 3.77. The largest absolute Gasteiger partial charge is 0.453 e. The summed E-state index contributed by atoms with van der Waals surface area (Å²) in [5, 5.41) is 1.02. The summed E-state index contributed by atoms with van der Waals surface area (Å²) in [4.78, 5) is 38.7. The van der Waals surface area contributed by atoms with Crippen LogP contribution in [0.5, 0.6) is 0 Å². The lowest BCUT2D eigenvalue weighted by Crippen LogP contribution is -2.20. The van der Waals surface area contributed by atoms with Crippen molar-refractivity contribution in [2.75, 3.05) is 18.6 Å². The van der Waals surface area contributed by atoms with Crippen molar-refractivity contribution in [2.45, 2.75) is 13.3 Å². The topological polar surface area (TPSA) is 63.7 Å². The minimum Gasteiger partial charge on any atom is -0.453 e. The first-order valence-corrected chi connectivity index (χ1v) is 9.35. The van der Waals surface area contributed by atoms with Gasteiger partial charge in [-0.1, -0.05) is 18.2 Å². The summed E-state index contributed by atoms with van der Waals surface area (Å²) in [7, 11) is 1.71. The van der Waals surface area contributed by atoms with Gasteiger partial charge in [0.1, 0.15) is 4.88 Å². The van der Waals surface area contributed by atoms with Gasteiger partial charge in [0.2, 0.25) is 5.91 Å². The first-order chi connectivity index (χ1) is 13.0. The van der Waals surface area contributed by atoms with E-state index in [0.29, 0.717) is 10.4 Å². The summed E-state index contributed by atoms with van der Waals surface area (Å²) >= 11 is 1.37. The number of aryl methyl sites for hydroxylation is 1. The number of fused-ring (bicyclic) bond motifs is 2. The van der Waals surface area contributed by atoms with Gasteiger partial charge in [-0.3, -0.25) is 9.59 Å². The molecule has 4 rings (SSSR count). The molecule has 0 spiro atoms. The number of esters is 1. The number of rotatable bonds is 4. The fourth-order valence-electron chi connectivity index (χ4n) is 3.29. The number of Topliss-reactive ketones (excluding diaryl/α,β-unsaturated/α-hetero) is 1. The monoisotopic (exact) mass is 379 g/mol. The van der Waals surface area contributed by atoms with Crippen LogP contribution in [-0.2, 0) is 16.0 Å². The smallest absolute Gasteiger partial charge is 0.349 e. The Bertz CT molecular complexity index is 1100. The Morgan fingerprint density at radius 3 is 2.74 bits per heavy atom. The fraction of sp³-hybridized carbons (Fsp3) is 0.190. The standard InChI is InChI=1S/C21H17NO4S/c1-12-15-5-3-4-6-18(15)27-20(12)21(25)26-11-17(23)13-7-8-16-14(9-13)10-19(24)22(16)2/h3-9H,10-11H2,1-2H3. The molecule has 0 atom stereocenters. The third-order valence-corrected chi connectivity index (χ3v) is 6.09. The normalized spacial score (nSPS) is 13.1. The average molecular weight is 379 g/mol. The minimum absolute atomic E-state index is 0.00117. The van der Waals surface area contributed by atoms with Crippen LogP contribution in [0.25, 0.3) is 10.1 Å². The van der Waals surface area contributed by atoms with Crippen molar-refractivity contribution in [3.05, 3.63) is 64.0 Å². The Morgan fingerprint density at radius 2 is 1.96 bits per heavy atom. The molecule has 0 unspecified atom stereocenters. The Kier molecular flexibility index (Phi) is 4.28. The van der Waals surface area contributed by atoms with Crippen LogP contribution in [0, 0.1) is 6.92 Å². The number of thiophene rings is 1. The number of hydrogen-bond donors (Lipinski definition) is 0. The van der Waals surface area contributed by atoms with Crippen molar-refractivity contribution in [3.63, 3.8) is 0 Å². The zero-order chi connectivity index (χ0) is 19.1. The highest BCUT2D eigenvalue weighted by Gasteiger charge is 2.25. The number of ether oxygens (including phenoxy) is 1. The van der Waals surface area contributed by atoms with Gasteiger partial charge in [0.05, 0.1) is 6.42 Å². The Labute approximate surface area is 160 Å². The van der Waals surface area contributed by atoms with Crippen molar-refractivity contribution in [3.8, 4) is 0 Å². The summed E-state index contributed by atoms with van der Waals surface area (Å²) in [6.07, 6.45) is 0.285. The van der Waals surface area contributed by atoms with Crippen molar-refractivity contribution in [2.24, 2.45) is 0 Å². The Morgan fingerprint density at radius 1 is 1.19 bits per heavy atom. The van der Waals surface area contributed by atoms with Gasteiger partial charge >= 0.3 is 5.97 Å². The lowest BCUT2D eigenvalue weighted by molar-refractivity contribution is -0.117. The van der Waals surface area contributed by atoms with E-state index in [1.54, 1.807) is 30.1 Å². The lowest BCUT2D eigenvalue weighted by Gasteiger charge is -2.10. The Balaban J connectivity index is 1.48. The van der Waals surface area contributed by atoms with E-state index in [1.165, 1.54) is 11.3 Å². The van der Waals surface area contributed by atoms with E-state index < -0.39 is 5.97 Å². The maximum atomic E-state index is 12.4. The van der Waals surface area contributed by atoms with E-state index in [9.17, 15) is 14.4 Å². The van der Waals surface area contributed by atoms with Crippen LogP contribution in [-0.4, -0.2) is 31.3 Å². The first kappa shape index (κ1) is 17.4. The molecule has 1 aliphatic rings. The van der Waals surface area contributed by atoms with Crippen LogP contribution in [0.2, 0.25) is 0 Å². The molecule has 2 heterocycles. The van der Waals surface area contributed by atoms with Gasteiger partial charge in [-0.15, -0.1) is 11.3 Å². The summed E-state index contributed by atoms with van der Waals surface area (Å²) < 4.78 is 6.28. The van der Waals surface area contributed by atoms with E-state index in [2.05, 4.69) is 0 Å². The zero-order valence-corrected chi connectivity index (χ0v) is 15.8. The third-order valence-electron chi connectivity index (χ3n) is 4.84. The molecular weight excluding hydrogens is 362 g/mol. The second-order valence-corrected chi connectivity index (χ2v) is 7.58. The summed E-state index contributed by atoms with van der Waals surface area (Å²) in [5.74, 6) is -0.772. The lowest BCUT2D eigenvalue weighted by atomic mass is 10.1. The van der Waals surface area contributed by atoms with Crippen LogP contribution < -0.4 is 4.90 Å². The highest BCUT2D eigenvalue weighted by Crippen LogP contribution is 2.31. The molecular formula is C21H17NO4S. The summed E-state index contributed by atoms with van der Waals surface area (Å²) in [5.41, 5.74) is 2.94. The molecule has 0 N–H and O–H groups in total. The van der Waals surface area contributed by atoms with E-state index in [-0.39, 0.29) is 24.7 Å². The minimum atomic E-state index is -0.488. The number of benzene rings is 2. The summed E-state index contributed by atoms with van der Waals surface area (Å²) in [6.45, 7) is 1.56. The molecule has 0 saturated carbocycles. The third kappa shape index (κ3) is 3.02. The molecule has 136 valence electrons. The molecule has 0 bridgehead atoms. The van der Waals surface area contributed by atoms with Gasteiger partial charge < -0.3 is 9.64 Å². The molecule has 27 heavy (non-hydrogen) atoms. The maximum Gasteiger partial charge on any atom is 0.349 e. The molecule has 3 aromatic rings. The molecule has 5 nitrogen and oxygen atoms in total. The quantitative estimate of drug-likeness (QED) is 0.511. The highest BCUT2D eigenvalue weighted by atomic mass is 32.1. The SMILES string of the molecule is Cc1c(C(=O)OCC(=O)c2ccc3c(c2)CC(=O)N3C)sc2ccccc12. The van der Waals surface area contributed by atoms with E-state index >= 15 is 0 Å². The molecule has 1 aromatic heterocycles. The second kappa shape index (κ2) is 6.63. The van der Waals surface area contributed by atoms with E-state index in [0.717, 1.165) is 26.9 Å². The predicted molar refractivity (Wildman–Crippen MR) is 105 cm³/mol. The van der Waals surface area contributed by atoms with E-state index in [1.807, 2.05) is 31.2 Å². The molecule has 0 fully saturated rings. The van der Waals surface area contributed by atoms with Crippen molar-refractivity contribution < 1.29 is 19.1 Å². The van der Waals surface area contributed by atoms with Gasteiger partial charge in [0, 0.05) is 23.0 Å². The van der Waals surface area contributed by atoms with Crippen LogP contribution in [0.15, 0.2) is 42.5 Å². The van der Waals surface area contributed by atoms with Crippen LogP contribution in [0.1, 0.15) is 31.2 Å². The molecule has 1 amide bonds. The maximum absolute atomic E-state index is 12.4. The van der Waals surface area contributed by atoms with Gasteiger partial charge in [0.25, 0.3) is 0 Å². The van der Waals surface area contributed by atoms with Crippen molar-refractivity contribution in [1.29, 1.82) is 0 Å². The Hall–Kier alpha value is -2.99. The van der Waals surface area contributed by atoms with Crippen molar-refractivity contribution >= 4 is 44.8 Å². The van der Waals surface area contributed by atoms with Crippen molar-refractivity contribution in [1.82, 2.24) is 0 Å². The fourth-order valence-corrected chi connectivity index (χ4v) is 4.40. The van der Waals surface area contributed by atoms with Crippen LogP contribution >= 0.6 is 11.3 Å². The first-order valence-electron chi connectivity index (χ1n) is 8.53. The number of likely N-dealkylation sites (N-methyl/N-ethyl adjacent to an activating group) is 1. The number of nitrogens with zero attached hydrogens (tertiary/aromatic N) is 1. The molecule has 0 radical (unpaired) electrons. The molecule has 0 saturated heterocycles. The van der Waals surface area contributed by atoms with E-state index in [4.69, 9.17) is 4.74 Å². The second-order valence-electron chi connectivity index (χ2n) is 6.52. The van der Waals surface area contributed by atoms with Gasteiger partial charge in [-0.25, -0.2) is 4.79 Å². The zero-order valence-electron chi connectivity index (χ0n) is 14.9. The molecule has 0 aliphatic carbocycles. The number of carbonyl (C=O) groups is 3. The van der Waals surface area contributed by atoms with Gasteiger partial charge in [0.15, 0.2) is 12.4 Å². The van der Waals surface area contributed by atoms with Crippen LogP contribution in [0.3, 0.4) is 0 Å². The molecule has 6 heteroatoms. The highest BCUT2D eigenvalue weighted by molar-refractivity contribution is 7.21. The van der Waals surface area contributed by atoms with Crippen LogP contribution in [0.4, 0.5) is 5.69 Å². The number of amides is 1. The number of carbonyl (C=O) groups excluding carboxylic acids is 3. The number of anilines is 1. The number of hydrogen-bond acceptors (Lipinski definition) is 5. The van der Waals surface area contributed by atoms with Gasteiger partial charge in [-0.2, -0.15) is 0 Å².